The monoisotopic (exact) mass is 380 g/mol. The first-order valence-corrected chi connectivity index (χ1v) is 8.65. The first-order valence-electron chi connectivity index (χ1n) is 8.65. The lowest BCUT2D eigenvalue weighted by Crippen LogP contribution is -2.24. The molecular weight excluding hydrogens is 363 g/mol. The molecular formula is C20H17FN4O3. The molecule has 28 heavy (non-hydrogen) atoms. The average molecular weight is 380 g/mol. The number of hydrogen-bond acceptors (Lipinski definition) is 6. The Morgan fingerprint density at radius 2 is 1.89 bits per heavy atom. The van der Waals surface area contributed by atoms with Crippen LogP contribution < -0.4 is 20.1 Å². The zero-order valence-corrected chi connectivity index (χ0v) is 14.8. The Kier molecular flexibility index (Phi) is 5.01. The molecule has 0 atom stereocenters. The molecule has 1 aliphatic heterocycles. The van der Waals surface area contributed by atoms with E-state index in [9.17, 15) is 9.18 Å². The summed E-state index contributed by atoms with van der Waals surface area (Å²) in [5, 5.41) is 5.80. The Hall–Kier alpha value is -3.68. The maximum Gasteiger partial charge on any atom is 0.270 e. The molecule has 2 N–H and O–H groups in total. The van der Waals surface area contributed by atoms with Gasteiger partial charge in [0.05, 0.1) is 0 Å². The number of carbonyl (C=O) groups is 1. The second kappa shape index (κ2) is 7.91. The van der Waals surface area contributed by atoms with Crippen LogP contribution in [0.25, 0.3) is 0 Å². The third kappa shape index (κ3) is 4.01. The van der Waals surface area contributed by atoms with Crippen molar-refractivity contribution in [2.75, 3.05) is 12.1 Å². The summed E-state index contributed by atoms with van der Waals surface area (Å²) in [5.74, 6) is 1.15. The number of benzene rings is 2. The van der Waals surface area contributed by atoms with Crippen LogP contribution in [0.1, 0.15) is 21.6 Å². The highest BCUT2D eigenvalue weighted by Crippen LogP contribution is 2.32. The molecule has 0 saturated carbocycles. The number of fused-ring (bicyclic) bond motifs is 1. The van der Waals surface area contributed by atoms with Gasteiger partial charge in [0.25, 0.3) is 5.91 Å². The molecule has 0 aliphatic carbocycles. The van der Waals surface area contributed by atoms with Gasteiger partial charge < -0.3 is 20.1 Å². The van der Waals surface area contributed by atoms with Crippen LogP contribution in [0.2, 0.25) is 0 Å². The lowest BCUT2D eigenvalue weighted by Gasteiger charge is -2.09. The first-order chi connectivity index (χ1) is 13.7. The summed E-state index contributed by atoms with van der Waals surface area (Å²) in [6.07, 6.45) is 1.29. The first kappa shape index (κ1) is 17.7. The van der Waals surface area contributed by atoms with Crippen molar-refractivity contribution in [3.8, 4) is 11.5 Å². The second-order valence-electron chi connectivity index (χ2n) is 6.10. The van der Waals surface area contributed by atoms with Gasteiger partial charge in [-0.3, -0.25) is 4.79 Å². The second-order valence-corrected chi connectivity index (χ2v) is 6.10. The fourth-order valence-corrected chi connectivity index (χ4v) is 2.73. The number of nitrogens with one attached hydrogen (secondary N) is 2. The number of anilines is 1. The van der Waals surface area contributed by atoms with Gasteiger partial charge in [-0.2, -0.15) is 0 Å². The zero-order valence-electron chi connectivity index (χ0n) is 14.8. The number of ether oxygens (including phenoxy) is 2. The van der Waals surface area contributed by atoms with E-state index in [2.05, 4.69) is 20.6 Å². The minimum absolute atomic E-state index is 0.203. The Labute approximate surface area is 160 Å². The van der Waals surface area contributed by atoms with Crippen molar-refractivity contribution in [3.05, 3.63) is 77.5 Å². The lowest BCUT2D eigenvalue weighted by atomic mass is 10.2. The summed E-state index contributed by atoms with van der Waals surface area (Å²) in [5.41, 5.74) is 1.60. The predicted molar refractivity (Wildman–Crippen MR) is 99.5 cm³/mol. The van der Waals surface area contributed by atoms with Crippen molar-refractivity contribution in [3.63, 3.8) is 0 Å². The van der Waals surface area contributed by atoms with Crippen LogP contribution in [-0.2, 0) is 13.1 Å². The minimum Gasteiger partial charge on any atom is -0.454 e. The minimum atomic E-state index is -0.339. The molecule has 1 amide bonds. The maximum absolute atomic E-state index is 13.7. The molecule has 0 saturated heterocycles. The van der Waals surface area contributed by atoms with E-state index in [0.717, 1.165) is 5.56 Å². The van der Waals surface area contributed by atoms with Crippen molar-refractivity contribution >= 4 is 11.7 Å². The number of hydrogen-bond donors (Lipinski definition) is 2. The molecule has 0 radical (unpaired) electrons. The van der Waals surface area contributed by atoms with E-state index in [4.69, 9.17) is 9.47 Å². The van der Waals surface area contributed by atoms with E-state index in [0.29, 0.717) is 29.4 Å². The largest absolute Gasteiger partial charge is 0.454 e. The van der Waals surface area contributed by atoms with Gasteiger partial charge in [-0.05, 0) is 23.8 Å². The quantitative estimate of drug-likeness (QED) is 0.684. The smallest absolute Gasteiger partial charge is 0.270 e. The molecule has 0 fully saturated rings. The predicted octanol–water partition coefficient (Wildman–Crippen LogP) is 2.89. The summed E-state index contributed by atoms with van der Waals surface area (Å²) in [6.45, 7) is 0.772. The maximum atomic E-state index is 13.7. The van der Waals surface area contributed by atoms with Crippen molar-refractivity contribution < 1.29 is 18.7 Å². The summed E-state index contributed by atoms with van der Waals surface area (Å²) in [7, 11) is 0. The Balaban J connectivity index is 1.37. The number of aromatic nitrogens is 2. The SMILES string of the molecule is O=C(NCc1ccc2c(c1)OCO2)c1cc(NCc2ccccc2F)ncn1. The van der Waals surface area contributed by atoms with Crippen LogP contribution in [0.3, 0.4) is 0 Å². The molecule has 0 bridgehead atoms. The van der Waals surface area contributed by atoms with Crippen LogP contribution >= 0.6 is 0 Å². The molecule has 1 aliphatic rings. The van der Waals surface area contributed by atoms with Gasteiger partial charge in [0.15, 0.2) is 11.5 Å². The molecule has 2 heterocycles. The van der Waals surface area contributed by atoms with Gasteiger partial charge in [0.1, 0.15) is 23.7 Å². The summed E-state index contributed by atoms with van der Waals surface area (Å²) >= 11 is 0. The molecule has 1 aromatic heterocycles. The van der Waals surface area contributed by atoms with Crippen molar-refractivity contribution in [2.24, 2.45) is 0 Å². The lowest BCUT2D eigenvalue weighted by molar-refractivity contribution is 0.0945. The van der Waals surface area contributed by atoms with Crippen molar-refractivity contribution in [1.29, 1.82) is 0 Å². The zero-order chi connectivity index (χ0) is 19.3. The fourth-order valence-electron chi connectivity index (χ4n) is 2.73. The van der Waals surface area contributed by atoms with Gasteiger partial charge >= 0.3 is 0 Å². The van der Waals surface area contributed by atoms with Crippen LogP contribution in [0.4, 0.5) is 10.2 Å². The van der Waals surface area contributed by atoms with Crippen molar-refractivity contribution in [1.82, 2.24) is 15.3 Å². The summed E-state index contributed by atoms with van der Waals surface area (Å²) < 4.78 is 24.3. The fraction of sp³-hybridized carbons (Fsp3) is 0.150. The van der Waals surface area contributed by atoms with Gasteiger partial charge in [-0.15, -0.1) is 0 Å². The van der Waals surface area contributed by atoms with Gasteiger partial charge in [-0.1, -0.05) is 24.3 Å². The van der Waals surface area contributed by atoms with Crippen LogP contribution in [0, 0.1) is 5.82 Å². The summed E-state index contributed by atoms with van der Waals surface area (Å²) in [6, 6.07) is 13.5. The standard InChI is InChI=1S/C20H17FN4O3/c21-15-4-2-1-3-14(15)10-22-19-8-16(24-11-25-19)20(26)23-9-13-5-6-17-18(7-13)28-12-27-17/h1-8,11H,9-10,12H2,(H,23,26)(H,22,24,25). The van der Waals surface area contributed by atoms with Gasteiger partial charge in [0.2, 0.25) is 6.79 Å². The van der Waals surface area contributed by atoms with E-state index >= 15 is 0 Å². The van der Waals surface area contributed by atoms with E-state index in [1.807, 2.05) is 12.1 Å². The van der Waals surface area contributed by atoms with Crippen LogP contribution in [0.15, 0.2) is 54.9 Å². The molecule has 7 nitrogen and oxygen atoms in total. The van der Waals surface area contributed by atoms with Crippen LogP contribution in [-0.4, -0.2) is 22.7 Å². The van der Waals surface area contributed by atoms with Crippen LogP contribution in [0.5, 0.6) is 11.5 Å². The highest BCUT2D eigenvalue weighted by Gasteiger charge is 2.14. The number of nitrogens with zero attached hydrogens (tertiary/aromatic N) is 2. The summed E-state index contributed by atoms with van der Waals surface area (Å²) in [4.78, 5) is 20.5. The molecule has 4 rings (SSSR count). The highest BCUT2D eigenvalue weighted by atomic mass is 19.1. The van der Waals surface area contributed by atoms with Crippen molar-refractivity contribution in [2.45, 2.75) is 13.1 Å². The van der Waals surface area contributed by atoms with Gasteiger partial charge in [0, 0.05) is 24.7 Å². The number of rotatable bonds is 6. The Morgan fingerprint density at radius 3 is 2.79 bits per heavy atom. The topological polar surface area (TPSA) is 85.4 Å². The molecule has 0 unspecified atom stereocenters. The third-order valence-corrected chi connectivity index (χ3v) is 4.21. The molecule has 8 heteroatoms. The Morgan fingerprint density at radius 1 is 1.04 bits per heavy atom. The third-order valence-electron chi connectivity index (χ3n) is 4.21. The number of amides is 1. The number of halogens is 1. The average Bonchev–Trinajstić information content (AvgIpc) is 3.19. The van der Waals surface area contributed by atoms with E-state index in [-0.39, 0.29) is 30.8 Å². The molecule has 3 aromatic rings. The van der Waals surface area contributed by atoms with E-state index < -0.39 is 0 Å². The van der Waals surface area contributed by atoms with Gasteiger partial charge in [-0.25, -0.2) is 14.4 Å². The van der Waals surface area contributed by atoms with E-state index in [1.54, 1.807) is 24.3 Å². The molecule has 142 valence electrons. The molecule has 2 aromatic carbocycles. The molecule has 0 spiro atoms. The highest BCUT2D eigenvalue weighted by molar-refractivity contribution is 5.92. The normalized spacial score (nSPS) is 11.9. The van der Waals surface area contributed by atoms with E-state index in [1.165, 1.54) is 18.5 Å². The Bertz CT molecular complexity index is 1010. The number of carbonyl (C=O) groups excluding carboxylic acids is 1.